The number of aliphatic hydroxyl groups excluding tert-OH is 2. The van der Waals surface area contributed by atoms with Gasteiger partial charge in [-0.3, -0.25) is 4.90 Å². The predicted molar refractivity (Wildman–Crippen MR) is 105 cm³/mol. The zero-order chi connectivity index (χ0) is 21.1. The zero-order valence-electron chi connectivity index (χ0n) is 16.8. The van der Waals surface area contributed by atoms with E-state index in [0.29, 0.717) is 26.2 Å². The number of carbonyl (C=O) groups is 1. The molecule has 10 heteroatoms. The fourth-order valence-corrected chi connectivity index (χ4v) is 3.54. The second-order valence-electron chi connectivity index (χ2n) is 7.43. The van der Waals surface area contributed by atoms with Gasteiger partial charge in [0, 0.05) is 37.9 Å². The first-order chi connectivity index (χ1) is 13.8. The number of nitrogens with zero attached hydrogens (tertiary/aromatic N) is 4. The Kier molecular flexibility index (Phi) is 6.36. The van der Waals surface area contributed by atoms with E-state index in [4.69, 9.17) is 9.52 Å². The van der Waals surface area contributed by atoms with Crippen LogP contribution in [0.5, 0.6) is 0 Å². The molecule has 29 heavy (non-hydrogen) atoms. The zero-order valence-corrected chi connectivity index (χ0v) is 16.8. The summed E-state index contributed by atoms with van der Waals surface area (Å²) in [7, 11) is 0. The van der Waals surface area contributed by atoms with E-state index in [1.54, 1.807) is 0 Å². The van der Waals surface area contributed by atoms with Crippen LogP contribution in [-0.2, 0) is 6.54 Å². The fraction of sp³-hybridized carbons (Fsp3) is 0.526. The average Bonchev–Trinajstić information content (AvgIpc) is 3.13. The van der Waals surface area contributed by atoms with Crippen LogP contribution in [0.15, 0.2) is 16.5 Å². The molecule has 3 rings (SSSR count). The first-order valence-corrected chi connectivity index (χ1v) is 9.50. The smallest absolute Gasteiger partial charge is 0.407 e. The highest BCUT2D eigenvalue weighted by molar-refractivity contribution is 5.65. The lowest BCUT2D eigenvalue weighted by molar-refractivity contribution is 0.0710. The predicted octanol–water partition coefficient (Wildman–Crippen LogP) is 1.64. The summed E-state index contributed by atoms with van der Waals surface area (Å²) in [6.45, 7) is 7.96. The van der Waals surface area contributed by atoms with Gasteiger partial charge in [0.15, 0.2) is 6.10 Å². The molecule has 158 valence electrons. The number of amides is 1. The Labute approximate surface area is 168 Å². The molecule has 1 aliphatic heterocycles. The first-order valence-electron chi connectivity index (χ1n) is 9.50. The van der Waals surface area contributed by atoms with Crippen LogP contribution in [0.3, 0.4) is 0 Å². The van der Waals surface area contributed by atoms with Gasteiger partial charge in [0.2, 0.25) is 5.89 Å². The summed E-state index contributed by atoms with van der Waals surface area (Å²) in [6, 6.07) is 4.16. The van der Waals surface area contributed by atoms with Gasteiger partial charge in [0.25, 0.3) is 0 Å². The molecule has 0 aliphatic carbocycles. The second-order valence-corrected chi connectivity index (χ2v) is 7.43. The molecule has 1 aliphatic rings. The summed E-state index contributed by atoms with van der Waals surface area (Å²) < 4.78 is 5.36. The van der Waals surface area contributed by atoms with Crippen LogP contribution < -0.4 is 5.32 Å². The number of rotatable bonds is 6. The van der Waals surface area contributed by atoms with Crippen molar-refractivity contribution in [3.8, 4) is 0 Å². The van der Waals surface area contributed by atoms with Crippen LogP contribution >= 0.6 is 0 Å². The number of benzene rings is 1. The molecule has 2 heterocycles. The van der Waals surface area contributed by atoms with Crippen LogP contribution in [-0.4, -0.2) is 73.7 Å². The highest BCUT2D eigenvalue weighted by Crippen LogP contribution is 2.27. The lowest BCUT2D eigenvalue weighted by Gasteiger charge is -2.38. The normalized spacial score (nSPS) is 18.7. The average molecular weight is 405 g/mol. The van der Waals surface area contributed by atoms with E-state index in [0.717, 1.165) is 22.4 Å². The Morgan fingerprint density at radius 1 is 1.34 bits per heavy atom. The summed E-state index contributed by atoms with van der Waals surface area (Å²) in [5.41, 5.74) is 4.01. The quantitative estimate of drug-likeness (QED) is 0.565. The number of nitrogens with one attached hydrogen (secondary N) is 1. The van der Waals surface area contributed by atoms with Gasteiger partial charge in [-0.2, -0.15) is 0 Å². The Balaban J connectivity index is 1.74. The third-order valence-corrected chi connectivity index (χ3v) is 5.15. The summed E-state index contributed by atoms with van der Waals surface area (Å²) in [6.07, 6.45) is -2.08. The summed E-state index contributed by atoms with van der Waals surface area (Å²) in [4.78, 5) is 15.0. The lowest BCUT2D eigenvalue weighted by atomic mass is 10.0. The van der Waals surface area contributed by atoms with Crippen LogP contribution in [0.2, 0.25) is 0 Å². The van der Waals surface area contributed by atoms with Crippen LogP contribution in [0.1, 0.15) is 35.6 Å². The third-order valence-electron chi connectivity index (χ3n) is 5.15. The van der Waals surface area contributed by atoms with Crippen LogP contribution in [0.25, 0.3) is 0 Å². The van der Waals surface area contributed by atoms with E-state index in [1.807, 2.05) is 26.8 Å². The largest absolute Gasteiger partial charge is 0.465 e. The van der Waals surface area contributed by atoms with E-state index in [-0.39, 0.29) is 17.9 Å². The monoisotopic (exact) mass is 405 g/mol. The standard InChI is InChI=1S/C19H27N5O5/c1-11-6-14(9-23-4-5-24(19(27)28)12(2)8-23)13(3)15(7-11)20-18-22-21-17(29-18)16(26)10-25/h6-7,12,16,25-26H,4-5,8-10H2,1-3H3,(H,20,22)(H,27,28)/t12-,16-/m0/s1. The number of aryl methyl sites for hydroxylation is 1. The molecule has 1 fully saturated rings. The van der Waals surface area contributed by atoms with Crippen LogP contribution in [0, 0.1) is 13.8 Å². The summed E-state index contributed by atoms with van der Waals surface area (Å²) >= 11 is 0. The van der Waals surface area contributed by atoms with E-state index < -0.39 is 18.8 Å². The van der Waals surface area contributed by atoms with Gasteiger partial charge in [-0.05, 0) is 43.5 Å². The molecule has 2 aromatic rings. The van der Waals surface area contributed by atoms with E-state index in [9.17, 15) is 15.0 Å². The van der Waals surface area contributed by atoms with Crippen LogP contribution in [0.4, 0.5) is 16.5 Å². The minimum Gasteiger partial charge on any atom is -0.465 e. The molecule has 1 aromatic carbocycles. The van der Waals surface area contributed by atoms with Crippen molar-refractivity contribution < 1.29 is 24.5 Å². The van der Waals surface area contributed by atoms with Gasteiger partial charge >= 0.3 is 12.1 Å². The van der Waals surface area contributed by atoms with Crippen molar-refractivity contribution in [3.05, 3.63) is 34.7 Å². The molecule has 2 atom stereocenters. The molecule has 10 nitrogen and oxygen atoms in total. The topological polar surface area (TPSA) is 135 Å². The van der Waals surface area contributed by atoms with Crippen molar-refractivity contribution in [2.24, 2.45) is 0 Å². The number of aromatic nitrogens is 2. The van der Waals surface area contributed by atoms with Crippen molar-refractivity contribution in [2.45, 2.75) is 39.5 Å². The number of aliphatic hydroxyl groups is 2. The fourth-order valence-electron chi connectivity index (χ4n) is 3.54. The number of anilines is 2. The molecule has 0 saturated carbocycles. The Morgan fingerprint density at radius 3 is 2.76 bits per heavy atom. The van der Waals surface area contributed by atoms with Crippen molar-refractivity contribution in [1.29, 1.82) is 0 Å². The number of carboxylic acid groups (broad SMARTS) is 1. The Bertz CT molecular complexity index is 871. The van der Waals surface area contributed by atoms with E-state index in [1.165, 1.54) is 4.90 Å². The van der Waals surface area contributed by atoms with E-state index >= 15 is 0 Å². The molecule has 1 amide bonds. The highest BCUT2D eigenvalue weighted by Gasteiger charge is 2.27. The Hall–Kier alpha value is -2.69. The maximum absolute atomic E-state index is 11.3. The molecule has 1 saturated heterocycles. The van der Waals surface area contributed by atoms with Crippen molar-refractivity contribution in [3.63, 3.8) is 0 Å². The summed E-state index contributed by atoms with van der Waals surface area (Å²) in [5.74, 6) is -0.0502. The van der Waals surface area contributed by atoms with Gasteiger partial charge in [0.1, 0.15) is 0 Å². The maximum atomic E-state index is 11.3. The van der Waals surface area contributed by atoms with Gasteiger partial charge in [-0.15, -0.1) is 5.10 Å². The molecule has 4 N–H and O–H groups in total. The molecule has 1 aromatic heterocycles. The van der Waals surface area contributed by atoms with Gasteiger partial charge in [0.05, 0.1) is 6.61 Å². The van der Waals surface area contributed by atoms with E-state index in [2.05, 4.69) is 26.5 Å². The van der Waals surface area contributed by atoms with Gasteiger partial charge in [-0.1, -0.05) is 11.2 Å². The molecule has 0 spiro atoms. The minimum absolute atomic E-state index is 0.0502. The third kappa shape index (κ3) is 4.84. The first kappa shape index (κ1) is 21.0. The molecular formula is C19H27N5O5. The maximum Gasteiger partial charge on any atom is 0.407 e. The lowest BCUT2D eigenvalue weighted by Crippen LogP contribution is -2.53. The SMILES string of the molecule is Cc1cc(CN2CCN(C(=O)O)[C@@H](C)C2)c(C)c(Nc2nnc([C@@H](O)CO)o2)c1. The molecule has 0 bridgehead atoms. The van der Waals surface area contributed by atoms with Crippen molar-refractivity contribution in [2.75, 3.05) is 31.6 Å². The molecule has 0 radical (unpaired) electrons. The number of hydrogen-bond acceptors (Lipinski definition) is 8. The van der Waals surface area contributed by atoms with Gasteiger partial charge < -0.3 is 30.0 Å². The van der Waals surface area contributed by atoms with Crippen molar-refractivity contribution >= 4 is 17.8 Å². The second kappa shape index (κ2) is 8.76. The Morgan fingerprint density at radius 2 is 2.10 bits per heavy atom. The molecule has 0 unspecified atom stereocenters. The highest BCUT2D eigenvalue weighted by atomic mass is 16.4. The van der Waals surface area contributed by atoms with Gasteiger partial charge in [-0.25, -0.2) is 4.79 Å². The molecular weight excluding hydrogens is 378 g/mol. The van der Waals surface area contributed by atoms with Crippen molar-refractivity contribution in [1.82, 2.24) is 20.0 Å². The number of piperazine rings is 1. The number of hydrogen-bond donors (Lipinski definition) is 4. The summed E-state index contributed by atoms with van der Waals surface area (Å²) in [5, 5.41) is 38.5. The minimum atomic E-state index is -1.21.